The van der Waals surface area contributed by atoms with Crippen LogP contribution in [0.25, 0.3) is 0 Å². The molecule has 0 aromatic carbocycles. The predicted molar refractivity (Wildman–Crippen MR) is 57.1 cm³/mol. The van der Waals surface area contributed by atoms with Crippen LogP contribution in [0.5, 0.6) is 0 Å². The van der Waals surface area contributed by atoms with Gasteiger partial charge in [0, 0.05) is 24.7 Å². The van der Waals surface area contributed by atoms with Crippen molar-refractivity contribution in [1.82, 2.24) is 9.78 Å². The molecule has 0 unspecified atom stereocenters. The summed E-state index contributed by atoms with van der Waals surface area (Å²) >= 11 is 0. The number of hydrogen-bond acceptors (Lipinski definition) is 2. The fraction of sp³-hybridized carbons (Fsp3) is 0.727. The average molecular weight is 193 g/mol. The molecule has 0 radical (unpaired) electrons. The zero-order valence-corrected chi connectivity index (χ0v) is 9.08. The molecule has 1 heterocycles. The number of hydrogen-bond donors (Lipinski definition) is 1. The molecule has 1 aliphatic carbocycles. The minimum Gasteiger partial charge on any atom is -0.325 e. The molecule has 0 bridgehead atoms. The normalized spacial score (nSPS) is 19.4. The lowest BCUT2D eigenvalue weighted by molar-refractivity contribution is 0.243. The van der Waals surface area contributed by atoms with Gasteiger partial charge in [-0.3, -0.25) is 4.68 Å². The van der Waals surface area contributed by atoms with Crippen LogP contribution in [0.3, 0.4) is 0 Å². The molecule has 3 nitrogen and oxygen atoms in total. The number of nitrogens with two attached hydrogens (primary N) is 1. The summed E-state index contributed by atoms with van der Waals surface area (Å²) in [5, 5.41) is 4.43. The first-order chi connectivity index (χ1) is 6.63. The van der Waals surface area contributed by atoms with E-state index < -0.39 is 0 Å². The van der Waals surface area contributed by atoms with E-state index >= 15 is 0 Å². The molecule has 2 N–H and O–H groups in total. The third-order valence-corrected chi connectivity index (χ3v) is 3.27. The number of aromatic nitrogens is 2. The van der Waals surface area contributed by atoms with E-state index in [-0.39, 0.29) is 5.54 Å². The standard InChI is InChI=1S/C11H19N3/c1-3-9-7-10(14(2)13-9)8-11(12)5-4-6-11/h7H,3-6,8,12H2,1-2H3. The van der Waals surface area contributed by atoms with Gasteiger partial charge in [0.25, 0.3) is 0 Å². The van der Waals surface area contributed by atoms with Gasteiger partial charge < -0.3 is 5.73 Å². The Hall–Kier alpha value is -0.830. The van der Waals surface area contributed by atoms with E-state index in [0.29, 0.717) is 0 Å². The molecule has 1 aliphatic rings. The largest absolute Gasteiger partial charge is 0.325 e. The van der Waals surface area contributed by atoms with Crippen molar-refractivity contribution in [2.45, 2.75) is 44.6 Å². The second kappa shape index (κ2) is 3.39. The zero-order valence-electron chi connectivity index (χ0n) is 9.08. The molecule has 3 heteroatoms. The van der Waals surface area contributed by atoms with Gasteiger partial charge in [-0.05, 0) is 31.7 Å². The summed E-state index contributed by atoms with van der Waals surface area (Å²) in [5.41, 5.74) is 8.73. The van der Waals surface area contributed by atoms with Crippen molar-refractivity contribution in [2.24, 2.45) is 12.8 Å². The zero-order chi connectivity index (χ0) is 10.2. The smallest absolute Gasteiger partial charge is 0.0624 e. The van der Waals surface area contributed by atoms with Gasteiger partial charge in [0.1, 0.15) is 0 Å². The molecule has 1 saturated carbocycles. The first-order valence-corrected chi connectivity index (χ1v) is 5.44. The average Bonchev–Trinajstić information content (AvgIpc) is 2.45. The molecule has 0 saturated heterocycles. The fourth-order valence-corrected chi connectivity index (χ4v) is 2.08. The molecule has 0 aliphatic heterocycles. The van der Waals surface area contributed by atoms with E-state index in [1.807, 2.05) is 11.7 Å². The van der Waals surface area contributed by atoms with Crippen LogP contribution in [-0.2, 0) is 19.9 Å². The van der Waals surface area contributed by atoms with Gasteiger partial charge in [-0.15, -0.1) is 0 Å². The molecule has 1 aromatic rings. The second-order valence-electron chi connectivity index (χ2n) is 4.50. The fourth-order valence-electron chi connectivity index (χ4n) is 2.08. The Bertz CT molecular complexity index is 323. The third-order valence-electron chi connectivity index (χ3n) is 3.27. The van der Waals surface area contributed by atoms with Crippen LogP contribution in [0.1, 0.15) is 37.6 Å². The maximum atomic E-state index is 6.21. The molecule has 0 atom stereocenters. The lowest BCUT2D eigenvalue weighted by atomic mass is 9.74. The molecule has 0 spiro atoms. The highest BCUT2D eigenvalue weighted by atomic mass is 15.3. The van der Waals surface area contributed by atoms with Crippen molar-refractivity contribution in [3.63, 3.8) is 0 Å². The number of nitrogens with zero attached hydrogens (tertiary/aromatic N) is 2. The lowest BCUT2D eigenvalue weighted by Gasteiger charge is -2.38. The minimum atomic E-state index is 0.0683. The quantitative estimate of drug-likeness (QED) is 0.788. The highest BCUT2D eigenvalue weighted by molar-refractivity contribution is 5.14. The van der Waals surface area contributed by atoms with E-state index in [1.165, 1.54) is 30.7 Å². The van der Waals surface area contributed by atoms with E-state index in [1.54, 1.807) is 0 Å². The summed E-state index contributed by atoms with van der Waals surface area (Å²) in [5.74, 6) is 0. The van der Waals surface area contributed by atoms with Crippen molar-refractivity contribution in [3.8, 4) is 0 Å². The summed E-state index contributed by atoms with van der Waals surface area (Å²) in [6.07, 6.45) is 5.61. The maximum Gasteiger partial charge on any atom is 0.0624 e. The molecule has 1 fully saturated rings. The van der Waals surface area contributed by atoms with Gasteiger partial charge >= 0.3 is 0 Å². The Morgan fingerprint density at radius 3 is 2.71 bits per heavy atom. The minimum absolute atomic E-state index is 0.0683. The first-order valence-electron chi connectivity index (χ1n) is 5.44. The summed E-state index contributed by atoms with van der Waals surface area (Å²) in [4.78, 5) is 0. The lowest BCUT2D eigenvalue weighted by Crippen LogP contribution is -2.48. The van der Waals surface area contributed by atoms with Crippen molar-refractivity contribution in [2.75, 3.05) is 0 Å². The van der Waals surface area contributed by atoms with Crippen LogP contribution in [0.15, 0.2) is 6.07 Å². The summed E-state index contributed by atoms with van der Waals surface area (Å²) in [6.45, 7) is 2.13. The maximum absolute atomic E-state index is 6.21. The van der Waals surface area contributed by atoms with Gasteiger partial charge in [-0.1, -0.05) is 6.92 Å². The molecule has 1 aromatic heterocycles. The van der Waals surface area contributed by atoms with Crippen molar-refractivity contribution in [3.05, 3.63) is 17.5 Å². The van der Waals surface area contributed by atoms with Crippen LogP contribution in [0.4, 0.5) is 0 Å². The SMILES string of the molecule is CCc1cc(CC2(N)CCC2)n(C)n1. The van der Waals surface area contributed by atoms with Gasteiger partial charge in [-0.2, -0.15) is 5.10 Å². The third kappa shape index (κ3) is 1.69. The molecule has 0 amide bonds. The van der Waals surface area contributed by atoms with Crippen LogP contribution < -0.4 is 5.73 Å². The van der Waals surface area contributed by atoms with Gasteiger partial charge in [-0.25, -0.2) is 0 Å². The Labute approximate surface area is 85.3 Å². The Morgan fingerprint density at radius 2 is 2.29 bits per heavy atom. The Balaban J connectivity index is 2.11. The number of aryl methyl sites for hydroxylation is 2. The molecule has 78 valence electrons. The van der Waals surface area contributed by atoms with E-state index in [0.717, 1.165) is 12.8 Å². The molecule has 2 rings (SSSR count). The van der Waals surface area contributed by atoms with E-state index in [2.05, 4.69) is 18.1 Å². The summed E-state index contributed by atoms with van der Waals surface area (Å²) < 4.78 is 1.98. The van der Waals surface area contributed by atoms with Crippen molar-refractivity contribution in [1.29, 1.82) is 0 Å². The Kier molecular flexibility index (Phi) is 2.35. The monoisotopic (exact) mass is 193 g/mol. The summed E-state index contributed by atoms with van der Waals surface area (Å²) in [6, 6.07) is 2.19. The van der Waals surface area contributed by atoms with E-state index in [9.17, 15) is 0 Å². The van der Waals surface area contributed by atoms with Gasteiger partial charge in [0.05, 0.1) is 5.69 Å². The molecular weight excluding hydrogens is 174 g/mol. The summed E-state index contributed by atoms with van der Waals surface area (Å²) in [7, 11) is 2.01. The highest BCUT2D eigenvalue weighted by Crippen LogP contribution is 2.32. The van der Waals surface area contributed by atoms with Crippen LogP contribution in [0.2, 0.25) is 0 Å². The van der Waals surface area contributed by atoms with Crippen LogP contribution in [0, 0.1) is 0 Å². The van der Waals surface area contributed by atoms with Crippen LogP contribution in [-0.4, -0.2) is 15.3 Å². The van der Waals surface area contributed by atoms with E-state index in [4.69, 9.17) is 5.73 Å². The highest BCUT2D eigenvalue weighted by Gasteiger charge is 2.33. The van der Waals surface area contributed by atoms with Crippen molar-refractivity contribution >= 4 is 0 Å². The van der Waals surface area contributed by atoms with Gasteiger partial charge in [0.2, 0.25) is 0 Å². The molecular formula is C11H19N3. The van der Waals surface area contributed by atoms with Crippen molar-refractivity contribution < 1.29 is 0 Å². The van der Waals surface area contributed by atoms with Crippen LogP contribution >= 0.6 is 0 Å². The second-order valence-corrected chi connectivity index (χ2v) is 4.50. The first kappa shape index (κ1) is 9.71. The topological polar surface area (TPSA) is 43.8 Å². The number of rotatable bonds is 3. The molecule has 14 heavy (non-hydrogen) atoms. The predicted octanol–water partition coefficient (Wildman–Crippen LogP) is 1.41. The Morgan fingerprint density at radius 1 is 1.57 bits per heavy atom. The van der Waals surface area contributed by atoms with Gasteiger partial charge in [0.15, 0.2) is 0 Å².